The number of amides is 1. The van der Waals surface area contributed by atoms with Gasteiger partial charge in [-0.2, -0.15) is 0 Å². The molecule has 1 aromatic rings. The van der Waals surface area contributed by atoms with Gasteiger partial charge in [0.05, 0.1) is 6.61 Å². The lowest BCUT2D eigenvalue weighted by atomic mass is 9.92. The molecule has 0 bridgehead atoms. The van der Waals surface area contributed by atoms with Gasteiger partial charge in [-0.1, -0.05) is 12.1 Å². The van der Waals surface area contributed by atoms with Gasteiger partial charge in [0.25, 0.3) is 5.91 Å². The van der Waals surface area contributed by atoms with Crippen LogP contribution >= 0.6 is 0 Å². The second-order valence-electron chi connectivity index (χ2n) is 5.78. The van der Waals surface area contributed by atoms with Gasteiger partial charge in [0.15, 0.2) is 0 Å². The Labute approximate surface area is 126 Å². The lowest BCUT2D eigenvalue weighted by Crippen LogP contribution is -2.30. The molecule has 0 radical (unpaired) electrons. The molecule has 1 fully saturated rings. The van der Waals surface area contributed by atoms with Crippen molar-refractivity contribution in [2.75, 3.05) is 6.54 Å². The predicted octanol–water partition coefficient (Wildman–Crippen LogP) is 1.19. The van der Waals surface area contributed by atoms with E-state index < -0.39 is 0 Å². The molecule has 2 atom stereocenters. The van der Waals surface area contributed by atoms with Crippen LogP contribution in [0.5, 0.6) is 0 Å². The van der Waals surface area contributed by atoms with Crippen molar-refractivity contribution in [1.82, 2.24) is 16.2 Å². The van der Waals surface area contributed by atoms with Crippen molar-refractivity contribution in [2.45, 2.75) is 45.4 Å². The third kappa shape index (κ3) is 4.27. The zero-order chi connectivity index (χ0) is 15.2. The highest BCUT2D eigenvalue weighted by Crippen LogP contribution is 2.19. The van der Waals surface area contributed by atoms with Crippen LogP contribution in [0.25, 0.3) is 0 Å². The number of carbonyl (C=O) groups is 1. The Kier molecular flexibility index (Phi) is 5.73. The van der Waals surface area contributed by atoms with E-state index in [0.29, 0.717) is 30.1 Å². The first-order valence-corrected chi connectivity index (χ1v) is 7.61. The minimum atomic E-state index is -0.0525. The Morgan fingerprint density at radius 2 is 1.81 bits per heavy atom. The van der Waals surface area contributed by atoms with E-state index in [0.717, 1.165) is 18.4 Å². The first-order valence-electron chi connectivity index (χ1n) is 7.61. The van der Waals surface area contributed by atoms with Crippen LogP contribution in [0.2, 0.25) is 0 Å². The topological polar surface area (TPSA) is 73.4 Å². The highest BCUT2D eigenvalue weighted by Gasteiger charge is 2.28. The lowest BCUT2D eigenvalue weighted by molar-refractivity contribution is 0.0952. The van der Waals surface area contributed by atoms with Crippen LogP contribution in [-0.4, -0.2) is 29.6 Å². The molecule has 0 saturated carbocycles. The summed E-state index contributed by atoms with van der Waals surface area (Å²) in [6, 6.07) is 7.98. The molecule has 4 N–H and O–H groups in total. The Balaban J connectivity index is 1.71. The van der Waals surface area contributed by atoms with Crippen molar-refractivity contribution in [1.29, 1.82) is 0 Å². The fourth-order valence-electron chi connectivity index (χ4n) is 2.81. The van der Waals surface area contributed by atoms with Crippen molar-refractivity contribution >= 4 is 5.91 Å². The van der Waals surface area contributed by atoms with Gasteiger partial charge >= 0.3 is 0 Å². The van der Waals surface area contributed by atoms with Crippen LogP contribution < -0.4 is 16.2 Å². The first-order chi connectivity index (χ1) is 10.1. The van der Waals surface area contributed by atoms with E-state index in [4.69, 9.17) is 5.11 Å². The second kappa shape index (κ2) is 7.54. The van der Waals surface area contributed by atoms with E-state index in [1.165, 1.54) is 0 Å². The Bertz CT molecular complexity index is 451. The van der Waals surface area contributed by atoms with Crippen molar-refractivity contribution in [3.63, 3.8) is 0 Å². The molecule has 2 unspecified atom stereocenters. The molecule has 1 saturated heterocycles. The molecule has 116 valence electrons. The quantitative estimate of drug-likeness (QED) is 0.594. The summed E-state index contributed by atoms with van der Waals surface area (Å²) in [6.07, 6.45) is 2.06. The van der Waals surface area contributed by atoms with Crippen LogP contribution in [0.4, 0.5) is 0 Å². The van der Waals surface area contributed by atoms with Crippen molar-refractivity contribution < 1.29 is 9.90 Å². The Morgan fingerprint density at radius 1 is 1.19 bits per heavy atom. The van der Waals surface area contributed by atoms with E-state index in [1.54, 1.807) is 24.3 Å². The maximum Gasteiger partial charge on any atom is 0.251 e. The first kappa shape index (κ1) is 15.9. The molecule has 2 rings (SSSR count). The summed E-state index contributed by atoms with van der Waals surface area (Å²) in [6.45, 7) is 5.06. The van der Waals surface area contributed by atoms with Crippen molar-refractivity contribution in [3.05, 3.63) is 35.4 Å². The molecule has 1 heterocycles. The minimum Gasteiger partial charge on any atom is -0.392 e. The van der Waals surface area contributed by atoms with E-state index in [9.17, 15) is 4.79 Å². The fourth-order valence-corrected chi connectivity index (χ4v) is 2.81. The number of hydrogen-bond donors (Lipinski definition) is 4. The molecule has 1 aromatic carbocycles. The third-order valence-corrected chi connectivity index (χ3v) is 4.22. The van der Waals surface area contributed by atoms with Gasteiger partial charge in [-0.15, -0.1) is 0 Å². The maximum absolute atomic E-state index is 12.0. The maximum atomic E-state index is 12.0. The third-order valence-electron chi connectivity index (χ3n) is 4.22. The summed E-state index contributed by atoms with van der Waals surface area (Å²) < 4.78 is 0. The van der Waals surface area contributed by atoms with Gasteiger partial charge < -0.3 is 10.4 Å². The van der Waals surface area contributed by atoms with Gasteiger partial charge in [0, 0.05) is 24.2 Å². The number of nitrogens with one attached hydrogen (secondary N) is 3. The number of rotatable bonds is 6. The number of aliphatic hydroxyl groups excluding tert-OH is 1. The monoisotopic (exact) mass is 291 g/mol. The van der Waals surface area contributed by atoms with Crippen LogP contribution in [0, 0.1) is 5.92 Å². The van der Waals surface area contributed by atoms with Crippen molar-refractivity contribution in [3.8, 4) is 0 Å². The molecular formula is C16H25N3O2. The SMILES string of the molecule is CC1NNC(C)C1CCCNC(=O)c1ccc(CO)cc1. The molecule has 5 heteroatoms. The summed E-state index contributed by atoms with van der Waals surface area (Å²) in [5.74, 6) is 0.550. The molecule has 1 aliphatic rings. The number of hydrazine groups is 1. The van der Waals surface area contributed by atoms with Crippen LogP contribution in [0.15, 0.2) is 24.3 Å². The molecule has 0 aromatic heterocycles. The van der Waals surface area contributed by atoms with Gasteiger partial charge in [-0.3, -0.25) is 15.6 Å². The summed E-state index contributed by atoms with van der Waals surface area (Å²) in [4.78, 5) is 12.0. The molecule has 0 aliphatic carbocycles. The summed E-state index contributed by atoms with van der Waals surface area (Å²) in [5.41, 5.74) is 7.95. The largest absolute Gasteiger partial charge is 0.392 e. The van der Waals surface area contributed by atoms with Gasteiger partial charge in [0.2, 0.25) is 0 Å². The number of benzene rings is 1. The highest BCUT2D eigenvalue weighted by atomic mass is 16.3. The molecule has 5 nitrogen and oxygen atoms in total. The average molecular weight is 291 g/mol. The van der Waals surface area contributed by atoms with E-state index in [1.807, 2.05) is 0 Å². The van der Waals surface area contributed by atoms with E-state index >= 15 is 0 Å². The number of carbonyl (C=O) groups excluding carboxylic acids is 1. The molecule has 1 aliphatic heterocycles. The van der Waals surface area contributed by atoms with E-state index in [2.05, 4.69) is 30.0 Å². The van der Waals surface area contributed by atoms with Crippen LogP contribution in [0.3, 0.4) is 0 Å². The second-order valence-corrected chi connectivity index (χ2v) is 5.78. The smallest absolute Gasteiger partial charge is 0.251 e. The highest BCUT2D eigenvalue weighted by molar-refractivity contribution is 5.94. The van der Waals surface area contributed by atoms with Crippen molar-refractivity contribution in [2.24, 2.45) is 5.92 Å². The summed E-state index contributed by atoms with van der Waals surface area (Å²) >= 11 is 0. The lowest BCUT2D eigenvalue weighted by Gasteiger charge is -2.17. The van der Waals surface area contributed by atoms with Crippen LogP contribution in [-0.2, 0) is 6.61 Å². The average Bonchev–Trinajstić information content (AvgIpc) is 2.82. The van der Waals surface area contributed by atoms with Gasteiger partial charge in [0.1, 0.15) is 0 Å². The fraction of sp³-hybridized carbons (Fsp3) is 0.562. The predicted molar refractivity (Wildman–Crippen MR) is 82.6 cm³/mol. The zero-order valence-electron chi connectivity index (χ0n) is 12.7. The van der Waals surface area contributed by atoms with Gasteiger partial charge in [-0.05, 0) is 50.3 Å². The van der Waals surface area contributed by atoms with E-state index in [-0.39, 0.29) is 12.5 Å². The Hall–Kier alpha value is -1.43. The number of hydrogen-bond acceptors (Lipinski definition) is 4. The summed E-state index contributed by atoms with van der Waals surface area (Å²) in [7, 11) is 0. The molecule has 21 heavy (non-hydrogen) atoms. The summed E-state index contributed by atoms with van der Waals surface area (Å²) in [5, 5.41) is 11.9. The van der Waals surface area contributed by atoms with Gasteiger partial charge in [-0.25, -0.2) is 0 Å². The Morgan fingerprint density at radius 3 is 2.38 bits per heavy atom. The van der Waals surface area contributed by atoms with Crippen LogP contribution in [0.1, 0.15) is 42.6 Å². The number of aliphatic hydroxyl groups is 1. The normalized spacial score (nSPS) is 25.0. The zero-order valence-corrected chi connectivity index (χ0v) is 12.7. The standard InChI is InChI=1S/C16H25N3O2/c1-11-15(12(2)19-18-11)4-3-9-17-16(21)14-7-5-13(10-20)6-8-14/h5-8,11-12,15,18-20H,3-4,9-10H2,1-2H3,(H,17,21). The molecule has 1 amide bonds. The molecule has 0 spiro atoms. The molecular weight excluding hydrogens is 266 g/mol. The minimum absolute atomic E-state index is 0.00171.